The highest BCUT2D eigenvalue weighted by Crippen LogP contribution is 2.20. The van der Waals surface area contributed by atoms with Gasteiger partial charge in [-0.25, -0.2) is 9.97 Å². The number of carbonyl (C=O) groups excluding carboxylic acids is 1. The first-order valence-electron chi connectivity index (χ1n) is 6.65. The quantitative estimate of drug-likeness (QED) is 0.755. The second-order valence-electron chi connectivity index (χ2n) is 4.70. The zero-order valence-corrected chi connectivity index (χ0v) is 11.0. The van der Waals surface area contributed by atoms with Crippen molar-refractivity contribution in [3.63, 3.8) is 0 Å². The number of rotatable bonds is 4. The summed E-state index contributed by atoms with van der Waals surface area (Å²) in [6.07, 6.45) is 8.72. The van der Waals surface area contributed by atoms with E-state index in [9.17, 15) is 4.79 Å². The van der Waals surface area contributed by atoms with Crippen LogP contribution in [0, 0.1) is 0 Å². The first-order valence-corrected chi connectivity index (χ1v) is 6.65. The Hall–Kier alpha value is -2.28. The van der Waals surface area contributed by atoms with Gasteiger partial charge in [-0.05, 0) is 19.4 Å². The molecule has 0 saturated carbocycles. The first-order chi connectivity index (χ1) is 9.83. The van der Waals surface area contributed by atoms with E-state index in [2.05, 4.69) is 30.6 Å². The van der Waals surface area contributed by atoms with Crippen molar-refractivity contribution in [2.75, 3.05) is 6.54 Å². The van der Waals surface area contributed by atoms with Crippen molar-refractivity contribution < 1.29 is 4.79 Å². The summed E-state index contributed by atoms with van der Waals surface area (Å²) in [5, 5.41) is 6.11. The van der Waals surface area contributed by atoms with E-state index in [0.717, 1.165) is 25.1 Å². The zero-order chi connectivity index (χ0) is 13.8. The molecule has 2 aromatic rings. The molecule has 3 heterocycles. The summed E-state index contributed by atoms with van der Waals surface area (Å²) in [5.74, 6) is 0.466. The third-order valence-corrected chi connectivity index (χ3v) is 3.27. The molecule has 7 nitrogen and oxygen atoms in total. The number of hydrogen-bond donors (Lipinski definition) is 3. The predicted octanol–water partition coefficient (Wildman–Crippen LogP) is 0.554. The minimum atomic E-state index is -0.242. The smallest absolute Gasteiger partial charge is 0.271 e. The highest BCUT2D eigenvalue weighted by molar-refractivity contribution is 5.91. The van der Waals surface area contributed by atoms with E-state index in [1.54, 1.807) is 18.6 Å². The van der Waals surface area contributed by atoms with Gasteiger partial charge >= 0.3 is 0 Å². The highest BCUT2D eigenvalue weighted by atomic mass is 16.1. The summed E-state index contributed by atoms with van der Waals surface area (Å²) in [6, 6.07) is 0.209. The third kappa shape index (κ3) is 2.83. The van der Waals surface area contributed by atoms with Crippen molar-refractivity contribution in [1.82, 2.24) is 30.6 Å². The summed E-state index contributed by atoms with van der Waals surface area (Å²) in [4.78, 5) is 27.5. The number of carbonyl (C=O) groups is 1. The van der Waals surface area contributed by atoms with Crippen LogP contribution in [-0.4, -0.2) is 32.4 Å². The van der Waals surface area contributed by atoms with Crippen molar-refractivity contribution in [3.8, 4) is 0 Å². The lowest BCUT2D eigenvalue weighted by Gasteiger charge is -2.10. The van der Waals surface area contributed by atoms with Gasteiger partial charge in [0, 0.05) is 12.4 Å². The summed E-state index contributed by atoms with van der Waals surface area (Å²) in [5.41, 5.74) is 1.16. The van der Waals surface area contributed by atoms with Gasteiger partial charge < -0.3 is 15.6 Å². The molecular weight excluding hydrogens is 256 g/mol. The number of imidazole rings is 1. The molecular formula is C13H16N6O. The van der Waals surface area contributed by atoms with Gasteiger partial charge in [0.05, 0.1) is 30.7 Å². The normalized spacial score (nSPS) is 18.1. The maximum atomic E-state index is 12.0. The molecule has 1 atom stereocenters. The van der Waals surface area contributed by atoms with Crippen molar-refractivity contribution in [3.05, 3.63) is 42.0 Å². The van der Waals surface area contributed by atoms with Crippen LogP contribution in [-0.2, 0) is 6.54 Å². The summed E-state index contributed by atoms with van der Waals surface area (Å²) in [6.45, 7) is 1.33. The summed E-state index contributed by atoms with van der Waals surface area (Å²) >= 11 is 0. The number of nitrogens with zero attached hydrogens (tertiary/aromatic N) is 3. The van der Waals surface area contributed by atoms with E-state index >= 15 is 0 Å². The fourth-order valence-corrected chi connectivity index (χ4v) is 2.24. The molecule has 1 fully saturated rings. The Morgan fingerprint density at radius 2 is 2.40 bits per heavy atom. The molecule has 20 heavy (non-hydrogen) atoms. The van der Waals surface area contributed by atoms with Crippen molar-refractivity contribution in [2.45, 2.75) is 25.4 Å². The second-order valence-corrected chi connectivity index (χ2v) is 4.70. The molecule has 2 aromatic heterocycles. The average Bonchev–Trinajstić information content (AvgIpc) is 3.18. The largest absolute Gasteiger partial charge is 0.347 e. The first kappa shape index (κ1) is 12.7. The van der Waals surface area contributed by atoms with Crippen molar-refractivity contribution in [2.24, 2.45) is 0 Å². The van der Waals surface area contributed by atoms with Gasteiger partial charge in [-0.1, -0.05) is 0 Å². The minimum absolute atomic E-state index is 0.209. The van der Waals surface area contributed by atoms with Crippen LogP contribution in [0.4, 0.5) is 0 Å². The van der Waals surface area contributed by atoms with E-state index in [0.29, 0.717) is 18.1 Å². The lowest BCUT2D eigenvalue weighted by atomic mass is 10.1. The van der Waals surface area contributed by atoms with Crippen LogP contribution in [0.2, 0.25) is 0 Å². The SMILES string of the molecule is O=C(NCc1ncc[nH]1)c1cncc(C2CCCN2)n1. The number of aromatic amines is 1. The van der Waals surface area contributed by atoms with E-state index in [-0.39, 0.29) is 11.9 Å². The molecule has 0 spiro atoms. The average molecular weight is 272 g/mol. The van der Waals surface area contributed by atoms with Crippen LogP contribution in [0.15, 0.2) is 24.8 Å². The lowest BCUT2D eigenvalue weighted by Crippen LogP contribution is -2.25. The Bertz CT molecular complexity index is 576. The zero-order valence-electron chi connectivity index (χ0n) is 11.0. The van der Waals surface area contributed by atoms with E-state index in [1.807, 2.05) is 0 Å². The minimum Gasteiger partial charge on any atom is -0.347 e. The molecule has 3 rings (SSSR count). The lowest BCUT2D eigenvalue weighted by molar-refractivity contribution is 0.0944. The molecule has 0 aliphatic carbocycles. The van der Waals surface area contributed by atoms with E-state index in [4.69, 9.17) is 0 Å². The van der Waals surface area contributed by atoms with Gasteiger partial charge in [0.15, 0.2) is 0 Å². The standard InChI is InChI=1S/C13H16N6O/c20-13(18-8-12-16-4-5-17-12)11-7-14-6-10(19-11)9-2-1-3-15-9/h4-7,9,15H,1-3,8H2,(H,16,17)(H,18,20). The van der Waals surface area contributed by atoms with E-state index < -0.39 is 0 Å². The van der Waals surface area contributed by atoms with Crippen LogP contribution in [0.1, 0.15) is 40.9 Å². The maximum absolute atomic E-state index is 12.0. The van der Waals surface area contributed by atoms with Gasteiger partial charge in [0.2, 0.25) is 0 Å². The fourth-order valence-electron chi connectivity index (χ4n) is 2.24. The molecule has 1 aliphatic heterocycles. The molecule has 0 radical (unpaired) electrons. The van der Waals surface area contributed by atoms with Gasteiger partial charge in [0.25, 0.3) is 5.91 Å². The second kappa shape index (κ2) is 5.79. The van der Waals surface area contributed by atoms with Gasteiger partial charge in [-0.3, -0.25) is 9.78 Å². The summed E-state index contributed by atoms with van der Waals surface area (Å²) < 4.78 is 0. The molecule has 7 heteroatoms. The number of H-pyrrole nitrogens is 1. The molecule has 3 N–H and O–H groups in total. The topological polar surface area (TPSA) is 95.6 Å². The van der Waals surface area contributed by atoms with Crippen LogP contribution in [0.5, 0.6) is 0 Å². The number of hydrogen-bond acceptors (Lipinski definition) is 5. The number of amides is 1. The maximum Gasteiger partial charge on any atom is 0.271 e. The predicted molar refractivity (Wildman–Crippen MR) is 71.8 cm³/mol. The Kier molecular flexibility index (Phi) is 3.69. The third-order valence-electron chi connectivity index (χ3n) is 3.27. The van der Waals surface area contributed by atoms with E-state index in [1.165, 1.54) is 6.20 Å². The van der Waals surface area contributed by atoms with Crippen LogP contribution in [0.3, 0.4) is 0 Å². The number of aromatic nitrogens is 4. The molecule has 1 unspecified atom stereocenters. The Morgan fingerprint density at radius 1 is 1.45 bits per heavy atom. The van der Waals surface area contributed by atoms with Crippen LogP contribution >= 0.6 is 0 Å². The van der Waals surface area contributed by atoms with Crippen LogP contribution in [0.25, 0.3) is 0 Å². The monoisotopic (exact) mass is 272 g/mol. The van der Waals surface area contributed by atoms with Gasteiger partial charge in [0.1, 0.15) is 11.5 Å². The highest BCUT2D eigenvalue weighted by Gasteiger charge is 2.19. The fraction of sp³-hybridized carbons (Fsp3) is 0.385. The molecule has 1 aliphatic rings. The molecule has 0 bridgehead atoms. The molecule has 1 saturated heterocycles. The van der Waals surface area contributed by atoms with Crippen molar-refractivity contribution >= 4 is 5.91 Å². The van der Waals surface area contributed by atoms with Gasteiger partial charge in [-0.2, -0.15) is 0 Å². The molecule has 0 aromatic carbocycles. The Balaban J connectivity index is 1.66. The van der Waals surface area contributed by atoms with Crippen LogP contribution < -0.4 is 10.6 Å². The Morgan fingerprint density at radius 3 is 3.15 bits per heavy atom. The number of nitrogens with one attached hydrogen (secondary N) is 3. The van der Waals surface area contributed by atoms with Gasteiger partial charge in [-0.15, -0.1) is 0 Å². The summed E-state index contributed by atoms with van der Waals surface area (Å²) in [7, 11) is 0. The molecule has 104 valence electrons. The molecule has 1 amide bonds. The van der Waals surface area contributed by atoms with Crippen molar-refractivity contribution in [1.29, 1.82) is 0 Å². The Labute approximate surface area is 116 Å².